The molecule has 0 N–H and O–H groups in total. The van der Waals surface area contributed by atoms with Crippen molar-refractivity contribution in [3.05, 3.63) is 23.3 Å². The number of Topliss-reactive ketones (excluding diaryl/α,β-unsaturated/α-hetero) is 2. The van der Waals surface area contributed by atoms with Crippen LogP contribution in [0.25, 0.3) is 0 Å². The van der Waals surface area contributed by atoms with Crippen molar-refractivity contribution in [3.8, 4) is 6.07 Å². The van der Waals surface area contributed by atoms with Crippen LogP contribution in [0.4, 0.5) is 13.2 Å². The highest BCUT2D eigenvalue weighted by atomic mass is 32.2. The molecule has 24 heavy (non-hydrogen) atoms. The standard InChI is InChI=1S/C15H14F3NO4S/c1-24(22,23)14-9(4-5-11(13(14)21)15(16,17)18)6-10(7-19)12(20)8-2-3-8/h4-5,8,10,14H,2-3,6H2,1H3. The Morgan fingerprint density at radius 3 is 2.38 bits per heavy atom. The van der Waals surface area contributed by atoms with E-state index in [2.05, 4.69) is 0 Å². The van der Waals surface area contributed by atoms with Gasteiger partial charge in [-0.1, -0.05) is 6.08 Å². The molecule has 0 radical (unpaired) electrons. The van der Waals surface area contributed by atoms with Crippen LogP contribution in [0.1, 0.15) is 19.3 Å². The number of carbonyl (C=O) groups excluding carboxylic acids is 2. The highest BCUT2D eigenvalue weighted by Gasteiger charge is 2.47. The number of carbonyl (C=O) groups is 2. The predicted octanol–water partition coefficient (Wildman–Crippen LogP) is 1.91. The molecular formula is C15H14F3NO4S. The van der Waals surface area contributed by atoms with Gasteiger partial charge in [-0.15, -0.1) is 0 Å². The fourth-order valence-corrected chi connectivity index (χ4v) is 3.89. The summed E-state index contributed by atoms with van der Waals surface area (Å²) in [7, 11) is -4.18. The smallest absolute Gasteiger partial charge is 0.298 e. The highest BCUT2D eigenvalue weighted by molar-refractivity contribution is 7.92. The SMILES string of the molecule is CS(=O)(=O)C1C(=O)C(C(F)(F)F)=CC=C1CC(C#N)C(=O)C1CC1. The van der Waals surface area contributed by atoms with E-state index in [0.29, 0.717) is 25.2 Å². The number of nitriles is 1. The number of hydrogen-bond acceptors (Lipinski definition) is 5. The number of halogens is 3. The molecule has 130 valence electrons. The molecule has 0 heterocycles. The quantitative estimate of drug-likeness (QED) is 0.746. The van der Waals surface area contributed by atoms with Crippen molar-refractivity contribution in [1.29, 1.82) is 5.26 Å². The first-order chi connectivity index (χ1) is 11.0. The molecule has 1 saturated carbocycles. The Morgan fingerprint density at radius 2 is 1.96 bits per heavy atom. The molecule has 0 aliphatic heterocycles. The van der Waals surface area contributed by atoms with Crippen LogP contribution in [0.15, 0.2) is 23.3 Å². The monoisotopic (exact) mass is 361 g/mol. The van der Waals surface area contributed by atoms with E-state index in [9.17, 15) is 31.2 Å². The molecule has 9 heteroatoms. The summed E-state index contributed by atoms with van der Waals surface area (Å²) in [6.45, 7) is 0. The number of rotatable bonds is 5. The van der Waals surface area contributed by atoms with Crippen molar-refractivity contribution in [1.82, 2.24) is 0 Å². The van der Waals surface area contributed by atoms with E-state index in [0.717, 1.165) is 6.08 Å². The van der Waals surface area contributed by atoms with Gasteiger partial charge in [0.15, 0.2) is 21.4 Å². The number of sulfone groups is 1. The number of ketones is 2. The zero-order valence-electron chi connectivity index (χ0n) is 12.6. The number of alkyl halides is 3. The molecule has 0 saturated heterocycles. The van der Waals surface area contributed by atoms with Crippen LogP contribution in [-0.4, -0.2) is 37.7 Å². The molecule has 0 aromatic rings. The van der Waals surface area contributed by atoms with E-state index in [4.69, 9.17) is 5.26 Å². The molecule has 0 spiro atoms. The largest absolute Gasteiger partial charge is 0.419 e. The maximum Gasteiger partial charge on any atom is 0.419 e. The Morgan fingerprint density at radius 1 is 1.38 bits per heavy atom. The molecule has 0 bridgehead atoms. The average Bonchev–Trinajstić information content (AvgIpc) is 3.25. The Labute approximate surface area is 136 Å². The lowest BCUT2D eigenvalue weighted by Gasteiger charge is -2.24. The average molecular weight is 361 g/mol. The fraction of sp³-hybridized carbons (Fsp3) is 0.533. The van der Waals surface area contributed by atoms with Crippen LogP contribution in [0.5, 0.6) is 0 Å². The first-order valence-electron chi connectivity index (χ1n) is 7.11. The minimum Gasteiger partial charge on any atom is -0.298 e. The van der Waals surface area contributed by atoms with Crippen molar-refractivity contribution in [2.24, 2.45) is 11.8 Å². The molecule has 1 fully saturated rings. The van der Waals surface area contributed by atoms with E-state index >= 15 is 0 Å². The normalized spacial score (nSPS) is 23.1. The molecule has 2 unspecified atom stereocenters. The van der Waals surface area contributed by atoms with Gasteiger partial charge >= 0.3 is 6.18 Å². The van der Waals surface area contributed by atoms with Gasteiger partial charge < -0.3 is 0 Å². The van der Waals surface area contributed by atoms with E-state index in [-0.39, 0.29) is 23.7 Å². The van der Waals surface area contributed by atoms with E-state index in [1.807, 2.05) is 0 Å². The van der Waals surface area contributed by atoms with Crippen LogP contribution < -0.4 is 0 Å². The second-order valence-electron chi connectivity index (χ2n) is 5.96. The number of nitrogens with zero attached hydrogens (tertiary/aromatic N) is 1. The first-order valence-corrected chi connectivity index (χ1v) is 9.06. The summed E-state index contributed by atoms with van der Waals surface area (Å²) >= 11 is 0. The topological polar surface area (TPSA) is 92.1 Å². The summed E-state index contributed by atoms with van der Waals surface area (Å²) < 4.78 is 62.2. The Kier molecular flexibility index (Phi) is 4.72. The fourth-order valence-electron chi connectivity index (χ4n) is 2.65. The highest BCUT2D eigenvalue weighted by Crippen LogP contribution is 2.37. The van der Waals surface area contributed by atoms with Gasteiger partial charge in [-0.05, 0) is 30.9 Å². The molecule has 2 rings (SSSR count). The molecule has 0 aromatic heterocycles. The molecular weight excluding hydrogens is 347 g/mol. The third-order valence-corrected chi connectivity index (χ3v) is 5.33. The molecule has 0 amide bonds. The Balaban J connectivity index is 2.39. The summed E-state index contributed by atoms with van der Waals surface area (Å²) in [6.07, 6.45) is -1.99. The van der Waals surface area contributed by atoms with Gasteiger partial charge in [0.05, 0.1) is 6.07 Å². The second kappa shape index (κ2) is 6.16. The summed E-state index contributed by atoms with van der Waals surface area (Å²) in [4.78, 5) is 24.0. The van der Waals surface area contributed by atoms with Gasteiger partial charge in [-0.25, -0.2) is 8.42 Å². The minimum atomic E-state index is -4.97. The third-order valence-electron chi connectivity index (χ3n) is 3.96. The molecule has 2 aliphatic carbocycles. The van der Waals surface area contributed by atoms with Gasteiger partial charge in [-0.2, -0.15) is 18.4 Å². The van der Waals surface area contributed by atoms with E-state index in [1.165, 1.54) is 0 Å². The van der Waals surface area contributed by atoms with Crippen molar-refractivity contribution in [3.63, 3.8) is 0 Å². The number of hydrogen-bond donors (Lipinski definition) is 0. The maximum absolute atomic E-state index is 12.8. The van der Waals surface area contributed by atoms with Crippen LogP contribution in [0.2, 0.25) is 0 Å². The zero-order chi connectivity index (χ0) is 18.3. The van der Waals surface area contributed by atoms with Crippen molar-refractivity contribution >= 4 is 21.4 Å². The Hall–Kier alpha value is -1.95. The van der Waals surface area contributed by atoms with Crippen LogP contribution in [0, 0.1) is 23.2 Å². The third kappa shape index (κ3) is 3.75. The Bertz CT molecular complexity index is 783. The second-order valence-corrected chi connectivity index (χ2v) is 8.09. The summed E-state index contributed by atoms with van der Waals surface area (Å²) in [5.41, 5.74) is -1.71. The lowest BCUT2D eigenvalue weighted by atomic mass is 9.87. The lowest BCUT2D eigenvalue weighted by Crippen LogP contribution is -2.39. The van der Waals surface area contributed by atoms with Crippen LogP contribution in [0.3, 0.4) is 0 Å². The van der Waals surface area contributed by atoms with Crippen molar-refractivity contribution in [2.45, 2.75) is 30.7 Å². The zero-order valence-corrected chi connectivity index (χ0v) is 13.4. The van der Waals surface area contributed by atoms with E-state index < -0.39 is 38.5 Å². The van der Waals surface area contributed by atoms with Crippen LogP contribution >= 0.6 is 0 Å². The maximum atomic E-state index is 12.8. The van der Waals surface area contributed by atoms with Gasteiger partial charge in [0.25, 0.3) is 0 Å². The molecule has 2 atom stereocenters. The molecule has 2 aliphatic rings. The molecule has 5 nitrogen and oxygen atoms in total. The first kappa shape index (κ1) is 18.4. The van der Waals surface area contributed by atoms with Gasteiger partial charge in [0.1, 0.15) is 16.7 Å². The van der Waals surface area contributed by atoms with Gasteiger partial charge in [0.2, 0.25) is 0 Å². The van der Waals surface area contributed by atoms with Crippen molar-refractivity contribution < 1.29 is 31.2 Å². The predicted molar refractivity (Wildman–Crippen MR) is 77.3 cm³/mol. The van der Waals surface area contributed by atoms with Gasteiger partial charge in [0, 0.05) is 12.2 Å². The summed E-state index contributed by atoms with van der Waals surface area (Å²) in [5.74, 6) is -3.35. The van der Waals surface area contributed by atoms with E-state index in [1.54, 1.807) is 6.07 Å². The van der Waals surface area contributed by atoms with Crippen LogP contribution in [-0.2, 0) is 19.4 Å². The van der Waals surface area contributed by atoms with Gasteiger partial charge in [-0.3, -0.25) is 9.59 Å². The molecule has 0 aromatic carbocycles. The lowest BCUT2D eigenvalue weighted by molar-refractivity contribution is -0.128. The minimum absolute atomic E-state index is 0.156. The van der Waals surface area contributed by atoms with Crippen molar-refractivity contribution in [2.75, 3.05) is 6.26 Å². The summed E-state index contributed by atoms with van der Waals surface area (Å²) in [5, 5.41) is 7.10. The summed E-state index contributed by atoms with van der Waals surface area (Å²) in [6, 6.07) is 1.76. The number of allylic oxidation sites excluding steroid dienone is 3.